The van der Waals surface area contributed by atoms with E-state index in [2.05, 4.69) is 21.9 Å². The van der Waals surface area contributed by atoms with Crippen LogP contribution in [0, 0.1) is 5.82 Å². The summed E-state index contributed by atoms with van der Waals surface area (Å²) in [4.78, 5) is 21.7. The minimum Gasteiger partial charge on any atom is -0.486 e. The highest BCUT2D eigenvalue weighted by Gasteiger charge is 2.48. The van der Waals surface area contributed by atoms with E-state index in [1.165, 1.54) is 18.2 Å². The van der Waals surface area contributed by atoms with Crippen LogP contribution in [-0.4, -0.2) is 61.2 Å². The number of aromatic nitrogens is 3. The minimum atomic E-state index is -1.19. The van der Waals surface area contributed by atoms with E-state index in [0.717, 1.165) is 37.1 Å². The SMILES string of the molecule is CCCN1[C@H]2CC[C@@H]1C(F)[C@H](Oc1cc(F)ccc1C(=O)N1Cc3nn4cc(Cl)cnc4c3C1)C2. The molecule has 1 unspecified atom stereocenters. The summed E-state index contributed by atoms with van der Waals surface area (Å²) in [7, 11) is 0. The number of benzene rings is 1. The van der Waals surface area contributed by atoms with Crippen LogP contribution >= 0.6 is 11.6 Å². The second-order valence-corrected chi connectivity index (χ2v) is 10.1. The normalized spacial score (nSPS) is 25.9. The van der Waals surface area contributed by atoms with E-state index in [9.17, 15) is 9.18 Å². The number of halogens is 3. The molecule has 6 rings (SSSR count). The van der Waals surface area contributed by atoms with Gasteiger partial charge in [0.05, 0.1) is 35.6 Å². The van der Waals surface area contributed by atoms with Gasteiger partial charge in [0, 0.05) is 36.3 Å². The number of rotatable bonds is 5. The summed E-state index contributed by atoms with van der Waals surface area (Å²) in [6, 6.07) is 3.92. The Morgan fingerprint density at radius 2 is 2.14 bits per heavy atom. The van der Waals surface area contributed by atoms with E-state index in [4.69, 9.17) is 16.3 Å². The lowest BCUT2D eigenvalue weighted by atomic mass is 9.97. The molecule has 1 amide bonds. The Labute approximate surface area is 206 Å². The van der Waals surface area contributed by atoms with Gasteiger partial charge in [0.15, 0.2) is 11.8 Å². The number of carbonyl (C=O) groups is 1. The van der Waals surface area contributed by atoms with Gasteiger partial charge in [-0.05, 0) is 37.9 Å². The lowest BCUT2D eigenvalue weighted by Gasteiger charge is -2.41. The molecule has 184 valence electrons. The van der Waals surface area contributed by atoms with Crippen molar-refractivity contribution in [2.45, 2.75) is 70.1 Å². The van der Waals surface area contributed by atoms with E-state index >= 15 is 4.39 Å². The summed E-state index contributed by atoms with van der Waals surface area (Å²) in [5.41, 5.74) is 2.45. The van der Waals surface area contributed by atoms with Crippen molar-refractivity contribution < 1.29 is 18.3 Å². The van der Waals surface area contributed by atoms with E-state index in [0.29, 0.717) is 23.6 Å². The number of nitrogens with zero attached hydrogens (tertiary/aromatic N) is 5. The summed E-state index contributed by atoms with van der Waals surface area (Å²) in [6.07, 6.45) is 4.56. The summed E-state index contributed by atoms with van der Waals surface area (Å²) in [6.45, 7) is 3.57. The molecule has 2 bridgehead atoms. The summed E-state index contributed by atoms with van der Waals surface area (Å²) >= 11 is 6.00. The van der Waals surface area contributed by atoms with Gasteiger partial charge in [0.1, 0.15) is 17.7 Å². The smallest absolute Gasteiger partial charge is 0.258 e. The van der Waals surface area contributed by atoms with Gasteiger partial charge in [-0.3, -0.25) is 9.69 Å². The van der Waals surface area contributed by atoms with Gasteiger partial charge in [0.25, 0.3) is 5.91 Å². The van der Waals surface area contributed by atoms with Crippen LogP contribution in [0.15, 0.2) is 30.6 Å². The fourth-order valence-electron chi connectivity index (χ4n) is 5.90. The fraction of sp³-hybridized carbons (Fsp3) is 0.480. The van der Waals surface area contributed by atoms with Crippen LogP contribution in [0.25, 0.3) is 5.65 Å². The maximum Gasteiger partial charge on any atom is 0.258 e. The number of ether oxygens (including phenoxy) is 1. The van der Waals surface area contributed by atoms with Crippen LogP contribution in [0.2, 0.25) is 5.02 Å². The van der Waals surface area contributed by atoms with E-state index in [1.54, 1.807) is 21.8 Å². The molecular weight excluding hydrogens is 476 g/mol. The van der Waals surface area contributed by atoms with Gasteiger partial charge < -0.3 is 9.64 Å². The second kappa shape index (κ2) is 8.71. The molecule has 3 aliphatic rings. The molecule has 2 fully saturated rings. The number of piperidine rings is 1. The van der Waals surface area contributed by atoms with Crippen molar-refractivity contribution in [1.82, 2.24) is 24.4 Å². The Balaban J connectivity index is 1.23. The highest BCUT2D eigenvalue weighted by molar-refractivity contribution is 6.30. The lowest BCUT2D eigenvalue weighted by Crippen LogP contribution is -2.54. The third kappa shape index (κ3) is 3.85. The zero-order valence-corrected chi connectivity index (χ0v) is 20.1. The molecule has 4 atom stereocenters. The summed E-state index contributed by atoms with van der Waals surface area (Å²) in [5, 5.41) is 4.97. The van der Waals surface area contributed by atoms with E-state index in [-0.39, 0.29) is 35.8 Å². The maximum atomic E-state index is 15.5. The Morgan fingerprint density at radius 3 is 2.97 bits per heavy atom. The first-order valence-electron chi connectivity index (χ1n) is 12.1. The molecule has 3 aliphatic heterocycles. The topological polar surface area (TPSA) is 63.0 Å². The number of alkyl halides is 1. The molecule has 0 spiro atoms. The van der Waals surface area contributed by atoms with Crippen LogP contribution in [0.5, 0.6) is 5.75 Å². The Morgan fingerprint density at radius 1 is 1.29 bits per heavy atom. The maximum absolute atomic E-state index is 15.5. The van der Waals surface area contributed by atoms with Crippen molar-refractivity contribution >= 4 is 23.2 Å². The highest BCUT2D eigenvalue weighted by Crippen LogP contribution is 2.40. The minimum absolute atomic E-state index is 0.0923. The second-order valence-electron chi connectivity index (χ2n) is 9.64. The molecule has 0 radical (unpaired) electrons. The number of hydrogen-bond donors (Lipinski definition) is 0. The third-order valence-corrected chi connectivity index (χ3v) is 7.64. The van der Waals surface area contributed by atoms with Gasteiger partial charge in [-0.15, -0.1) is 0 Å². The predicted molar refractivity (Wildman–Crippen MR) is 126 cm³/mol. The zero-order chi connectivity index (χ0) is 24.3. The van der Waals surface area contributed by atoms with Gasteiger partial charge in [-0.2, -0.15) is 5.10 Å². The van der Waals surface area contributed by atoms with Crippen molar-refractivity contribution in [2.75, 3.05) is 6.54 Å². The van der Waals surface area contributed by atoms with Crippen molar-refractivity contribution in [2.24, 2.45) is 0 Å². The molecule has 0 aliphatic carbocycles. The number of hydrogen-bond acceptors (Lipinski definition) is 5. The average Bonchev–Trinajstić information content (AvgIpc) is 3.48. The average molecular weight is 502 g/mol. The van der Waals surface area contributed by atoms with Crippen LogP contribution in [0.1, 0.15) is 54.2 Å². The monoisotopic (exact) mass is 501 g/mol. The van der Waals surface area contributed by atoms with Crippen LogP contribution < -0.4 is 4.74 Å². The molecule has 5 heterocycles. The highest BCUT2D eigenvalue weighted by atomic mass is 35.5. The molecule has 2 saturated heterocycles. The summed E-state index contributed by atoms with van der Waals surface area (Å²) in [5.74, 6) is -0.747. The van der Waals surface area contributed by atoms with Gasteiger partial charge in [-0.1, -0.05) is 18.5 Å². The molecular formula is C25H26ClF2N5O2. The molecule has 10 heteroatoms. The van der Waals surface area contributed by atoms with Crippen LogP contribution in [-0.2, 0) is 13.1 Å². The van der Waals surface area contributed by atoms with Crippen LogP contribution in [0.4, 0.5) is 8.78 Å². The number of fused-ring (bicyclic) bond motifs is 5. The molecule has 7 nitrogen and oxygen atoms in total. The Bertz CT molecular complexity index is 1300. The molecule has 1 aromatic carbocycles. The molecule has 0 saturated carbocycles. The van der Waals surface area contributed by atoms with Gasteiger partial charge >= 0.3 is 0 Å². The number of carbonyl (C=O) groups excluding carboxylic acids is 1. The van der Waals surface area contributed by atoms with Gasteiger partial charge in [-0.25, -0.2) is 18.3 Å². The van der Waals surface area contributed by atoms with E-state index < -0.39 is 18.1 Å². The van der Waals surface area contributed by atoms with Crippen molar-refractivity contribution in [3.63, 3.8) is 0 Å². The first-order chi connectivity index (χ1) is 16.9. The Kier molecular flexibility index (Phi) is 5.64. The molecule has 0 N–H and O–H groups in total. The lowest BCUT2D eigenvalue weighted by molar-refractivity contribution is -0.0228. The quantitative estimate of drug-likeness (QED) is 0.518. The van der Waals surface area contributed by atoms with Crippen molar-refractivity contribution in [3.8, 4) is 5.75 Å². The van der Waals surface area contributed by atoms with Crippen molar-refractivity contribution in [1.29, 1.82) is 0 Å². The first-order valence-corrected chi connectivity index (χ1v) is 12.5. The Hall–Kier alpha value is -2.78. The van der Waals surface area contributed by atoms with E-state index in [1.807, 2.05) is 0 Å². The first kappa shape index (κ1) is 22.7. The summed E-state index contributed by atoms with van der Waals surface area (Å²) < 4.78 is 37.4. The third-order valence-electron chi connectivity index (χ3n) is 7.45. The predicted octanol–water partition coefficient (Wildman–Crippen LogP) is 4.41. The fourth-order valence-corrected chi connectivity index (χ4v) is 6.04. The largest absolute Gasteiger partial charge is 0.486 e. The molecule has 2 aromatic heterocycles. The molecule has 35 heavy (non-hydrogen) atoms. The van der Waals surface area contributed by atoms with Crippen molar-refractivity contribution in [3.05, 3.63) is 58.3 Å². The zero-order valence-electron chi connectivity index (χ0n) is 19.3. The standard InChI is InChI=1S/C25H26ClF2N5O2/c1-2-7-32-16-4-6-20(32)23(28)22(9-16)35-21-8-15(27)3-5-17(21)25(34)31-12-18-19(13-31)30-33-11-14(26)10-29-24(18)33/h3,5,8,10-11,16,20,22-23H,2,4,6-7,9,12-13H2,1H3/t16-,20+,22+,23?/m0/s1. The van der Waals surface area contributed by atoms with Gasteiger partial charge in [0.2, 0.25) is 0 Å². The molecule has 3 aromatic rings. The van der Waals surface area contributed by atoms with Crippen LogP contribution in [0.3, 0.4) is 0 Å². The number of amides is 1.